The Kier molecular flexibility index (Phi) is 2.10. The van der Waals surface area contributed by atoms with Crippen molar-refractivity contribution in [3.05, 3.63) is 29.9 Å². The molecule has 2 aromatic heterocycles. The van der Waals surface area contributed by atoms with Crippen molar-refractivity contribution in [1.29, 1.82) is 0 Å². The van der Waals surface area contributed by atoms with Gasteiger partial charge in [-0.25, -0.2) is 4.98 Å². The minimum absolute atomic E-state index is 0.350. The van der Waals surface area contributed by atoms with Gasteiger partial charge in [-0.2, -0.15) is 0 Å². The summed E-state index contributed by atoms with van der Waals surface area (Å²) in [5.41, 5.74) is 1.72. The molecule has 0 aliphatic heterocycles. The maximum absolute atomic E-state index is 5.59. The Bertz CT molecular complexity index is 405. The van der Waals surface area contributed by atoms with Crippen molar-refractivity contribution in [1.82, 2.24) is 4.98 Å². The van der Waals surface area contributed by atoms with E-state index in [4.69, 9.17) is 20.4 Å². The van der Waals surface area contributed by atoms with E-state index >= 15 is 0 Å². The Labute approximate surface area is 80.3 Å². The molecule has 0 saturated heterocycles. The van der Waals surface area contributed by atoms with E-state index < -0.39 is 0 Å². The summed E-state index contributed by atoms with van der Waals surface area (Å²) in [6.07, 6.45) is 3.14. The third kappa shape index (κ3) is 1.47. The van der Waals surface area contributed by atoms with Gasteiger partial charge in [0.15, 0.2) is 5.76 Å². The topological polar surface area (TPSA) is 39.2 Å². The van der Waals surface area contributed by atoms with E-state index in [2.05, 4.69) is 4.98 Å². The van der Waals surface area contributed by atoms with Crippen molar-refractivity contribution < 1.29 is 8.83 Å². The maximum Gasteiger partial charge on any atom is 0.263 e. The van der Waals surface area contributed by atoms with Crippen molar-refractivity contribution in [3.8, 4) is 11.7 Å². The second kappa shape index (κ2) is 3.26. The predicted octanol–water partition coefficient (Wildman–Crippen LogP) is 2.98. The number of aryl methyl sites for hydroxylation is 1. The standard InChI is InChI=1S/C9H8ClNO2/c1-6-2-3-12-8(6)9-11-7(4-10)5-13-9/h2-3,5H,4H2,1H3. The lowest BCUT2D eigenvalue weighted by Gasteiger charge is -1.89. The average molecular weight is 198 g/mol. The van der Waals surface area contributed by atoms with Crippen molar-refractivity contribution in [2.75, 3.05) is 0 Å². The Balaban J connectivity index is 2.41. The molecule has 2 aromatic rings. The first-order chi connectivity index (χ1) is 6.31. The summed E-state index contributed by atoms with van der Waals surface area (Å²) in [5, 5.41) is 0. The van der Waals surface area contributed by atoms with Gasteiger partial charge in [0.05, 0.1) is 17.8 Å². The first-order valence-electron chi connectivity index (χ1n) is 3.86. The highest BCUT2D eigenvalue weighted by Gasteiger charge is 2.11. The fraction of sp³-hybridized carbons (Fsp3) is 0.222. The summed E-state index contributed by atoms with van der Waals surface area (Å²) < 4.78 is 10.4. The zero-order valence-corrected chi connectivity index (χ0v) is 7.84. The lowest BCUT2D eigenvalue weighted by Crippen LogP contribution is -1.79. The molecule has 13 heavy (non-hydrogen) atoms. The molecular formula is C9H8ClNO2. The molecular weight excluding hydrogens is 190 g/mol. The van der Waals surface area contributed by atoms with Gasteiger partial charge in [0.25, 0.3) is 5.89 Å². The van der Waals surface area contributed by atoms with E-state index in [1.807, 2.05) is 13.0 Å². The molecule has 0 radical (unpaired) electrons. The zero-order chi connectivity index (χ0) is 9.26. The van der Waals surface area contributed by atoms with Crippen LogP contribution in [-0.2, 0) is 5.88 Å². The van der Waals surface area contributed by atoms with E-state index in [0.29, 0.717) is 23.2 Å². The van der Waals surface area contributed by atoms with Crippen molar-refractivity contribution in [2.24, 2.45) is 0 Å². The number of aromatic nitrogens is 1. The smallest absolute Gasteiger partial charge is 0.263 e. The minimum Gasteiger partial charge on any atom is -0.459 e. The second-order valence-electron chi connectivity index (χ2n) is 2.71. The van der Waals surface area contributed by atoms with Crippen molar-refractivity contribution in [3.63, 3.8) is 0 Å². The third-order valence-electron chi connectivity index (χ3n) is 1.74. The number of nitrogens with zero attached hydrogens (tertiary/aromatic N) is 1. The second-order valence-corrected chi connectivity index (χ2v) is 2.98. The Morgan fingerprint density at radius 2 is 2.31 bits per heavy atom. The molecule has 0 amide bonds. The number of furan rings is 1. The van der Waals surface area contributed by atoms with Crippen LogP contribution in [0.25, 0.3) is 11.7 Å². The molecule has 0 atom stereocenters. The van der Waals surface area contributed by atoms with Gasteiger partial charge in [-0.3, -0.25) is 0 Å². The summed E-state index contributed by atoms with van der Waals surface area (Å²) in [4.78, 5) is 4.14. The molecule has 0 fully saturated rings. The van der Waals surface area contributed by atoms with Crippen LogP contribution in [0, 0.1) is 6.92 Å². The van der Waals surface area contributed by atoms with Crippen LogP contribution in [0.5, 0.6) is 0 Å². The molecule has 0 N–H and O–H groups in total. The molecule has 0 saturated carbocycles. The van der Waals surface area contributed by atoms with E-state index in [9.17, 15) is 0 Å². The van der Waals surface area contributed by atoms with Crippen LogP contribution in [0.2, 0.25) is 0 Å². The van der Waals surface area contributed by atoms with Crippen LogP contribution in [-0.4, -0.2) is 4.98 Å². The lowest BCUT2D eigenvalue weighted by molar-refractivity contribution is 0.515. The molecule has 2 heterocycles. The Morgan fingerprint density at radius 1 is 1.46 bits per heavy atom. The molecule has 4 heteroatoms. The SMILES string of the molecule is Cc1ccoc1-c1nc(CCl)co1. The normalized spacial score (nSPS) is 10.6. The fourth-order valence-corrected chi connectivity index (χ4v) is 1.19. The van der Waals surface area contributed by atoms with Crippen LogP contribution in [0.1, 0.15) is 11.3 Å². The van der Waals surface area contributed by atoms with Crippen LogP contribution in [0.15, 0.2) is 27.4 Å². The highest BCUT2D eigenvalue weighted by atomic mass is 35.5. The summed E-state index contributed by atoms with van der Waals surface area (Å²) in [7, 11) is 0. The first-order valence-corrected chi connectivity index (χ1v) is 4.39. The lowest BCUT2D eigenvalue weighted by atomic mass is 10.3. The molecule has 3 nitrogen and oxygen atoms in total. The van der Waals surface area contributed by atoms with Gasteiger partial charge >= 0.3 is 0 Å². The predicted molar refractivity (Wildman–Crippen MR) is 48.5 cm³/mol. The highest BCUT2D eigenvalue weighted by Crippen LogP contribution is 2.23. The molecule has 2 rings (SSSR count). The van der Waals surface area contributed by atoms with E-state index in [1.54, 1.807) is 6.26 Å². The van der Waals surface area contributed by atoms with Crippen LogP contribution in [0.4, 0.5) is 0 Å². The van der Waals surface area contributed by atoms with Gasteiger partial charge in [-0.05, 0) is 13.0 Å². The van der Waals surface area contributed by atoms with Crippen LogP contribution < -0.4 is 0 Å². The minimum atomic E-state index is 0.350. The zero-order valence-electron chi connectivity index (χ0n) is 7.08. The van der Waals surface area contributed by atoms with Gasteiger partial charge < -0.3 is 8.83 Å². The van der Waals surface area contributed by atoms with Crippen molar-refractivity contribution in [2.45, 2.75) is 12.8 Å². The van der Waals surface area contributed by atoms with Gasteiger partial charge in [0.1, 0.15) is 6.26 Å². The number of halogens is 1. The number of oxazole rings is 1. The van der Waals surface area contributed by atoms with Gasteiger partial charge in [-0.1, -0.05) is 0 Å². The number of rotatable bonds is 2. The summed E-state index contributed by atoms with van der Waals surface area (Å²) in [5.74, 6) is 1.50. The monoisotopic (exact) mass is 197 g/mol. The van der Waals surface area contributed by atoms with Gasteiger partial charge in [0, 0.05) is 5.56 Å². The molecule has 0 aliphatic rings. The van der Waals surface area contributed by atoms with E-state index in [0.717, 1.165) is 5.56 Å². The van der Waals surface area contributed by atoms with Crippen LogP contribution in [0.3, 0.4) is 0 Å². The molecule has 0 aliphatic carbocycles. The van der Waals surface area contributed by atoms with Crippen molar-refractivity contribution >= 4 is 11.6 Å². The molecule has 68 valence electrons. The van der Waals surface area contributed by atoms with Gasteiger partial charge in [-0.15, -0.1) is 11.6 Å². The average Bonchev–Trinajstić information content (AvgIpc) is 2.71. The summed E-state index contributed by atoms with van der Waals surface area (Å²) >= 11 is 5.59. The number of hydrogen-bond donors (Lipinski definition) is 0. The van der Waals surface area contributed by atoms with E-state index in [-0.39, 0.29) is 0 Å². The highest BCUT2D eigenvalue weighted by molar-refractivity contribution is 6.16. The first kappa shape index (κ1) is 8.38. The summed E-state index contributed by atoms with van der Waals surface area (Å²) in [6, 6.07) is 1.86. The molecule has 0 unspecified atom stereocenters. The molecule has 0 aromatic carbocycles. The Hall–Kier alpha value is -1.22. The van der Waals surface area contributed by atoms with Gasteiger partial charge in [0.2, 0.25) is 0 Å². The van der Waals surface area contributed by atoms with Crippen LogP contribution >= 0.6 is 11.6 Å². The molecule has 0 spiro atoms. The molecule has 0 bridgehead atoms. The quantitative estimate of drug-likeness (QED) is 0.695. The maximum atomic E-state index is 5.59. The fourth-order valence-electron chi connectivity index (χ4n) is 1.06. The Morgan fingerprint density at radius 3 is 2.85 bits per heavy atom. The third-order valence-corrected chi connectivity index (χ3v) is 2.02. The van der Waals surface area contributed by atoms with E-state index in [1.165, 1.54) is 6.26 Å². The number of alkyl halides is 1. The number of hydrogen-bond acceptors (Lipinski definition) is 3. The largest absolute Gasteiger partial charge is 0.459 e. The summed E-state index contributed by atoms with van der Waals surface area (Å²) in [6.45, 7) is 1.93.